The molecule has 2 atom stereocenters. The van der Waals surface area contributed by atoms with E-state index in [1.54, 1.807) is 7.11 Å². The summed E-state index contributed by atoms with van der Waals surface area (Å²) in [6.45, 7) is 7.79. The van der Waals surface area contributed by atoms with Gasteiger partial charge in [-0.1, -0.05) is 13.8 Å². The molecule has 2 heterocycles. The first-order chi connectivity index (χ1) is 14.7. The average molecular weight is 428 g/mol. The Morgan fingerprint density at radius 2 is 2.06 bits per heavy atom. The van der Waals surface area contributed by atoms with Gasteiger partial charge in [-0.2, -0.15) is 0 Å². The lowest BCUT2D eigenvalue weighted by Crippen LogP contribution is -2.36. The van der Waals surface area contributed by atoms with Gasteiger partial charge in [0.1, 0.15) is 11.5 Å². The first-order valence-corrected chi connectivity index (χ1v) is 10.3. The number of nitro groups is 1. The number of aromatic hydroxyl groups is 1. The van der Waals surface area contributed by atoms with Crippen molar-refractivity contribution in [2.45, 2.75) is 44.6 Å². The maximum Gasteiger partial charge on any atom is 0.269 e. The lowest BCUT2D eigenvalue weighted by Gasteiger charge is -2.28. The first kappa shape index (κ1) is 22.4. The van der Waals surface area contributed by atoms with Crippen molar-refractivity contribution in [1.29, 1.82) is 0 Å². The Bertz CT molecular complexity index is 976. The van der Waals surface area contributed by atoms with Crippen molar-refractivity contribution in [3.05, 3.63) is 57.6 Å². The van der Waals surface area contributed by atoms with Crippen molar-refractivity contribution in [1.82, 2.24) is 5.32 Å². The highest BCUT2D eigenvalue weighted by atomic mass is 16.6. The van der Waals surface area contributed by atoms with E-state index in [1.165, 1.54) is 29.4 Å². The van der Waals surface area contributed by atoms with E-state index in [1.807, 2.05) is 13.0 Å². The minimum absolute atomic E-state index is 0.0225. The number of phenolic OH excluding ortho intramolecular Hbond substituents is 1. The largest absolute Gasteiger partial charge is 0.508 e. The molecule has 1 unspecified atom stereocenters. The van der Waals surface area contributed by atoms with Gasteiger partial charge in [0.2, 0.25) is 6.41 Å². The number of nitrogens with one attached hydrogen (secondary N) is 1. The number of hydrogen-bond acceptors (Lipinski definition) is 6. The van der Waals surface area contributed by atoms with Gasteiger partial charge in [0.05, 0.1) is 12.0 Å². The minimum atomic E-state index is -0.412. The lowest BCUT2D eigenvalue weighted by molar-refractivity contribution is -0.385. The Morgan fingerprint density at radius 1 is 1.32 bits per heavy atom. The number of nitrogens with zero attached hydrogens (tertiary/aromatic N) is 2. The molecule has 2 aromatic rings. The summed E-state index contributed by atoms with van der Waals surface area (Å²) in [7, 11) is 1.67. The molecule has 0 spiro atoms. The van der Waals surface area contributed by atoms with Crippen molar-refractivity contribution in [2.24, 2.45) is 0 Å². The molecular formula is C23H29N3O5. The SMILES string of the molecule is CCNC=O.COc1ccc2c(c1)C(C)(C)C1C[C@H](c3cc([N+](=O)[O-])ccc3O)CN21. The van der Waals surface area contributed by atoms with E-state index < -0.39 is 4.92 Å². The van der Waals surface area contributed by atoms with Gasteiger partial charge in [0, 0.05) is 53.8 Å². The third-order valence-electron chi connectivity index (χ3n) is 6.29. The van der Waals surface area contributed by atoms with E-state index in [2.05, 4.69) is 36.2 Å². The Labute approximate surface area is 182 Å². The highest BCUT2D eigenvalue weighted by Crippen LogP contribution is 2.53. The molecule has 2 N–H and O–H groups in total. The highest BCUT2D eigenvalue weighted by molar-refractivity contribution is 5.67. The normalized spacial score (nSPS) is 20.2. The molecule has 2 aromatic carbocycles. The molecule has 0 aliphatic carbocycles. The number of nitro benzene ring substituents is 1. The number of amides is 1. The van der Waals surface area contributed by atoms with Crippen LogP contribution in [0, 0.1) is 10.1 Å². The summed E-state index contributed by atoms with van der Waals surface area (Å²) in [6, 6.07) is 10.7. The lowest BCUT2D eigenvalue weighted by atomic mass is 9.77. The van der Waals surface area contributed by atoms with E-state index in [-0.39, 0.29) is 28.8 Å². The summed E-state index contributed by atoms with van der Waals surface area (Å²) >= 11 is 0. The Morgan fingerprint density at radius 3 is 2.65 bits per heavy atom. The molecule has 0 bridgehead atoms. The van der Waals surface area contributed by atoms with E-state index in [0.717, 1.165) is 25.3 Å². The van der Waals surface area contributed by atoms with Gasteiger partial charge >= 0.3 is 0 Å². The van der Waals surface area contributed by atoms with E-state index in [4.69, 9.17) is 4.74 Å². The van der Waals surface area contributed by atoms with Crippen molar-refractivity contribution in [3.63, 3.8) is 0 Å². The van der Waals surface area contributed by atoms with Gasteiger partial charge in [-0.15, -0.1) is 0 Å². The summed E-state index contributed by atoms with van der Waals surface area (Å²) in [5.41, 5.74) is 3.08. The van der Waals surface area contributed by atoms with Crippen LogP contribution in [0.1, 0.15) is 44.2 Å². The fourth-order valence-electron chi connectivity index (χ4n) is 4.67. The second-order valence-electron chi connectivity index (χ2n) is 8.38. The van der Waals surface area contributed by atoms with Crippen LogP contribution in [0.5, 0.6) is 11.5 Å². The second kappa shape index (κ2) is 8.83. The molecule has 0 aromatic heterocycles. The minimum Gasteiger partial charge on any atom is -0.508 e. The van der Waals surface area contributed by atoms with Gasteiger partial charge < -0.3 is 20.1 Å². The Hall–Kier alpha value is -3.29. The van der Waals surface area contributed by atoms with Crippen LogP contribution in [0.15, 0.2) is 36.4 Å². The topological polar surface area (TPSA) is 105 Å². The number of benzene rings is 2. The van der Waals surface area contributed by atoms with E-state index in [9.17, 15) is 20.0 Å². The van der Waals surface area contributed by atoms with Crippen molar-refractivity contribution in [3.8, 4) is 11.5 Å². The van der Waals surface area contributed by atoms with Crippen molar-refractivity contribution in [2.75, 3.05) is 25.1 Å². The molecule has 4 rings (SSSR count). The molecule has 8 nitrogen and oxygen atoms in total. The predicted octanol–water partition coefficient (Wildman–Crippen LogP) is 3.72. The van der Waals surface area contributed by atoms with Gasteiger partial charge in [0.15, 0.2) is 0 Å². The molecule has 31 heavy (non-hydrogen) atoms. The standard InChI is InChI=1S/C20H22N2O4.C3H7NO/c1-20(2)16-10-14(26-3)5-6-17(16)21-11-12(8-19(20)21)15-9-13(22(24)25)4-7-18(15)23;1-2-4-3-5/h4-7,9-10,12,19,23H,8,11H2,1-3H3;3H,2H2,1H3,(H,4,5)/t12-,19?;/m0./s1. The Kier molecular flexibility index (Phi) is 6.38. The summed E-state index contributed by atoms with van der Waals surface area (Å²) < 4.78 is 5.38. The number of phenols is 1. The zero-order valence-corrected chi connectivity index (χ0v) is 18.3. The fraction of sp³-hybridized carbons (Fsp3) is 0.435. The second-order valence-corrected chi connectivity index (χ2v) is 8.38. The highest BCUT2D eigenvalue weighted by Gasteiger charge is 2.50. The maximum absolute atomic E-state index is 11.1. The van der Waals surface area contributed by atoms with Gasteiger partial charge in [0.25, 0.3) is 5.69 Å². The Balaban J connectivity index is 0.000000491. The van der Waals surface area contributed by atoms with Crippen LogP contribution in [0.2, 0.25) is 0 Å². The summed E-state index contributed by atoms with van der Waals surface area (Å²) in [6.07, 6.45) is 1.53. The third kappa shape index (κ3) is 4.15. The summed E-state index contributed by atoms with van der Waals surface area (Å²) in [4.78, 5) is 22.4. The molecule has 2 aliphatic heterocycles. The number of fused-ring (bicyclic) bond motifs is 3. The number of methoxy groups -OCH3 is 1. The van der Waals surface area contributed by atoms with Gasteiger partial charge in [-0.25, -0.2) is 0 Å². The number of hydrogen-bond donors (Lipinski definition) is 2. The molecule has 2 aliphatic rings. The van der Waals surface area contributed by atoms with E-state index >= 15 is 0 Å². The maximum atomic E-state index is 11.1. The smallest absolute Gasteiger partial charge is 0.269 e. The summed E-state index contributed by atoms with van der Waals surface area (Å²) in [5, 5.41) is 23.8. The molecular weight excluding hydrogens is 398 g/mol. The fourth-order valence-corrected chi connectivity index (χ4v) is 4.67. The van der Waals surface area contributed by atoms with Crippen LogP contribution in [-0.2, 0) is 10.2 Å². The van der Waals surface area contributed by atoms with Crippen LogP contribution >= 0.6 is 0 Å². The predicted molar refractivity (Wildman–Crippen MR) is 119 cm³/mol. The van der Waals surface area contributed by atoms with Crippen LogP contribution in [0.4, 0.5) is 11.4 Å². The third-order valence-corrected chi connectivity index (χ3v) is 6.29. The number of carbonyl (C=O) groups is 1. The zero-order valence-electron chi connectivity index (χ0n) is 18.3. The van der Waals surface area contributed by atoms with Gasteiger partial charge in [-0.05, 0) is 43.2 Å². The first-order valence-electron chi connectivity index (χ1n) is 10.3. The number of non-ortho nitro benzene ring substituents is 1. The number of rotatable bonds is 5. The molecule has 0 radical (unpaired) electrons. The van der Waals surface area contributed by atoms with Crippen LogP contribution in [0.3, 0.4) is 0 Å². The number of carbonyl (C=O) groups excluding carboxylic acids is 1. The molecule has 1 saturated heterocycles. The van der Waals surface area contributed by atoms with Crippen molar-refractivity contribution >= 4 is 17.8 Å². The van der Waals surface area contributed by atoms with Crippen LogP contribution < -0.4 is 15.0 Å². The average Bonchev–Trinajstić information content (AvgIpc) is 3.27. The summed E-state index contributed by atoms with van der Waals surface area (Å²) in [5.74, 6) is 1.05. The van der Waals surface area contributed by atoms with Crippen molar-refractivity contribution < 1.29 is 19.6 Å². The molecule has 8 heteroatoms. The monoisotopic (exact) mass is 427 g/mol. The zero-order chi connectivity index (χ0) is 22.8. The molecule has 0 saturated carbocycles. The van der Waals surface area contributed by atoms with Crippen LogP contribution in [0.25, 0.3) is 0 Å². The number of ether oxygens (including phenoxy) is 1. The van der Waals surface area contributed by atoms with Crippen LogP contribution in [-0.4, -0.2) is 42.7 Å². The van der Waals surface area contributed by atoms with E-state index in [0.29, 0.717) is 12.0 Å². The number of anilines is 1. The van der Waals surface area contributed by atoms with Gasteiger partial charge in [-0.3, -0.25) is 14.9 Å². The molecule has 166 valence electrons. The molecule has 1 amide bonds. The molecule has 1 fully saturated rings. The quantitative estimate of drug-likeness (QED) is 0.428.